The molecule has 1 aromatic carbocycles. The molecule has 4 rings (SSSR count). The molecule has 0 bridgehead atoms. The second kappa shape index (κ2) is 6.43. The van der Waals surface area contributed by atoms with Crippen LogP contribution in [0.5, 0.6) is 0 Å². The maximum atomic E-state index is 12.2. The van der Waals surface area contributed by atoms with Gasteiger partial charge >= 0.3 is 0 Å². The number of aromatic nitrogens is 3. The van der Waals surface area contributed by atoms with E-state index in [1.54, 1.807) is 0 Å². The molecule has 1 fully saturated rings. The maximum absolute atomic E-state index is 12.2. The van der Waals surface area contributed by atoms with Crippen LogP contribution in [0.3, 0.4) is 0 Å². The molecule has 0 atom stereocenters. The van der Waals surface area contributed by atoms with Gasteiger partial charge in [0.1, 0.15) is 11.6 Å². The maximum Gasteiger partial charge on any atom is 0.248 e. The molecule has 0 aliphatic heterocycles. The first-order valence-electron chi connectivity index (χ1n) is 9.92. The van der Waals surface area contributed by atoms with Gasteiger partial charge in [-0.1, -0.05) is 19.0 Å². The summed E-state index contributed by atoms with van der Waals surface area (Å²) >= 11 is 0. The number of imidazole rings is 1. The van der Waals surface area contributed by atoms with Crippen LogP contribution >= 0.6 is 0 Å². The van der Waals surface area contributed by atoms with E-state index in [0.29, 0.717) is 30.1 Å². The van der Waals surface area contributed by atoms with Crippen LogP contribution in [0.1, 0.15) is 68.3 Å². The van der Waals surface area contributed by atoms with Gasteiger partial charge in [-0.15, -0.1) is 0 Å². The fourth-order valence-electron chi connectivity index (χ4n) is 4.39. The van der Waals surface area contributed by atoms with Crippen LogP contribution in [0.2, 0.25) is 0 Å². The highest BCUT2D eigenvalue weighted by molar-refractivity contribution is 5.87. The number of benzene rings is 1. The van der Waals surface area contributed by atoms with E-state index >= 15 is 0 Å². The highest BCUT2D eigenvalue weighted by atomic mass is 16.6. The summed E-state index contributed by atoms with van der Waals surface area (Å²) < 4.78 is 7.47. The van der Waals surface area contributed by atoms with Gasteiger partial charge < -0.3 is 9.09 Å². The highest BCUT2D eigenvalue weighted by Crippen LogP contribution is 2.44. The fourth-order valence-corrected chi connectivity index (χ4v) is 4.39. The van der Waals surface area contributed by atoms with Crippen molar-refractivity contribution in [3.8, 4) is 11.1 Å². The first-order chi connectivity index (χ1) is 13.3. The van der Waals surface area contributed by atoms with Crippen molar-refractivity contribution in [1.29, 1.82) is 0 Å². The molecular formula is C21H26N4O3. The summed E-state index contributed by atoms with van der Waals surface area (Å²) in [6, 6.07) is 4.01. The van der Waals surface area contributed by atoms with Gasteiger partial charge in [0.25, 0.3) is 0 Å². The van der Waals surface area contributed by atoms with Gasteiger partial charge in [0.15, 0.2) is 0 Å². The van der Waals surface area contributed by atoms with E-state index in [4.69, 9.17) is 9.51 Å². The number of rotatable bonds is 6. The lowest BCUT2D eigenvalue weighted by atomic mass is 9.83. The van der Waals surface area contributed by atoms with E-state index in [9.17, 15) is 10.1 Å². The first kappa shape index (κ1) is 18.7. The van der Waals surface area contributed by atoms with Crippen molar-refractivity contribution < 1.29 is 9.45 Å². The molecule has 0 unspecified atom stereocenters. The van der Waals surface area contributed by atoms with Crippen molar-refractivity contribution in [3.05, 3.63) is 45.1 Å². The van der Waals surface area contributed by atoms with Crippen molar-refractivity contribution in [2.75, 3.05) is 0 Å². The van der Waals surface area contributed by atoms with Gasteiger partial charge in [0.2, 0.25) is 5.54 Å². The summed E-state index contributed by atoms with van der Waals surface area (Å²) in [6.45, 7) is 7.53. The van der Waals surface area contributed by atoms with Crippen LogP contribution in [0.25, 0.3) is 22.2 Å². The molecule has 0 saturated heterocycles. The van der Waals surface area contributed by atoms with Crippen LogP contribution in [-0.2, 0) is 12.6 Å². The predicted molar refractivity (Wildman–Crippen MR) is 107 cm³/mol. The van der Waals surface area contributed by atoms with E-state index in [1.165, 1.54) is 0 Å². The molecule has 2 heterocycles. The van der Waals surface area contributed by atoms with Crippen molar-refractivity contribution >= 4 is 11.0 Å². The Hall–Kier alpha value is -2.70. The Kier molecular flexibility index (Phi) is 4.28. The van der Waals surface area contributed by atoms with E-state index in [1.807, 2.05) is 40.8 Å². The lowest BCUT2D eigenvalue weighted by Gasteiger charge is -2.24. The summed E-state index contributed by atoms with van der Waals surface area (Å²) in [4.78, 5) is 17.0. The molecule has 1 saturated carbocycles. The topological polar surface area (TPSA) is 87.0 Å². The SMILES string of the molecule is CCC(CC)(c1cc(-c2c(C)noc2C)cc2c1nc(C1CC1)n2C)[N+](=O)[O-]. The summed E-state index contributed by atoms with van der Waals surface area (Å²) in [7, 11) is 2.01. The third-order valence-corrected chi connectivity index (χ3v) is 6.31. The summed E-state index contributed by atoms with van der Waals surface area (Å²) in [5.74, 6) is 2.20. The van der Waals surface area contributed by atoms with Gasteiger partial charge in [-0.3, -0.25) is 10.1 Å². The monoisotopic (exact) mass is 382 g/mol. The highest BCUT2D eigenvalue weighted by Gasteiger charge is 2.44. The molecule has 0 amide bonds. The molecule has 28 heavy (non-hydrogen) atoms. The Bertz CT molecular complexity index is 1050. The number of nitrogens with zero attached hydrogens (tertiary/aromatic N) is 4. The molecule has 3 aromatic rings. The zero-order valence-corrected chi connectivity index (χ0v) is 17.1. The molecule has 7 nitrogen and oxygen atoms in total. The minimum Gasteiger partial charge on any atom is -0.361 e. The zero-order chi connectivity index (χ0) is 20.2. The van der Waals surface area contributed by atoms with E-state index in [2.05, 4.69) is 15.8 Å². The molecule has 0 N–H and O–H groups in total. The third kappa shape index (κ3) is 2.56. The quantitative estimate of drug-likeness (QED) is 0.441. The largest absolute Gasteiger partial charge is 0.361 e. The predicted octanol–water partition coefficient (Wildman–Crippen LogP) is 5.01. The van der Waals surface area contributed by atoms with Crippen LogP contribution in [-0.4, -0.2) is 19.6 Å². The van der Waals surface area contributed by atoms with Crippen molar-refractivity contribution in [2.24, 2.45) is 7.05 Å². The molecule has 1 aliphatic carbocycles. The number of nitro groups is 1. The minimum absolute atomic E-state index is 0.135. The second-order valence-electron chi connectivity index (χ2n) is 7.89. The first-order valence-corrected chi connectivity index (χ1v) is 9.92. The average molecular weight is 382 g/mol. The van der Waals surface area contributed by atoms with Crippen molar-refractivity contribution in [1.82, 2.24) is 14.7 Å². The Morgan fingerprint density at radius 2 is 1.96 bits per heavy atom. The molecule has 0 spiro atoms. The van der Waals surface area contributed by atoms with Gasteiger partial charge in [0, 0.05) is 36.3 Å². The summed E-state index contributed by atoms with van der Waals surface area (Å²) in [5, 5.41) is 16.3. The number of hydrogen-bond acceptors (Lipinski definition) is 5. The Labute approximate surface area is 163 Å². The standard InChI is InChI=1S/C21H26N4O3/c1-6-21(7-2,25(26)27)16-10-15(18-12(3)23-28-13(18)4)11-17-19(16)22-20(24(17)5)14-8-9-14/h10-11,14H,6-9H2,1-5H3. The second-order valence-corrected chi connectivity index (χ2v) is 7.89. The Morgan fingerprint density at radius 1 is 1.29 bits per heavy atom. The third-order valence-electron chi connectivity index (χ3n) is 6.31. The van der Waals surface area contributed by atoms with E-state index < -0.39 is 5.54 Å². The van der Waals surface area contributed by atoms with Crippen LogP contribution in [0.15, 0.2) is 16.7 Å². The molecule has 1 aliphatic rings. The van der Waals surface area contributed by atoms with Gasteiger partial charge in [-0.2, -0.15) is 0 Å². The summed E-state index contributed by atoms with van der Waals surface area (Å²) in [5.41, 5.74) is 3.80. The van der Waals surface area contributed by atoms with Gasteiger partial charge in [0.05, 0.1) is 22.3 Å². The zero-order valence-electron chi connectivity index (χ0n) is 17.1. The average Bonchev–Trinajstić information content (AvgIpc) is 3.38. The molecule has 148 valence electrons. The Balaban J connectivity index is 2.09. The van der Waals surface area contributed by atoms with Gasteiger partial charge in [-0.05, 0) is 44.4 Å². The van der Waals surface area contributed by atoms with Crippen molar-refractivity contribution in [2.45, 2.75) is 64.8 Å². The van der Waals surface area contributed by atoms with Crippen LogP contribution < -0.4 is 0 Å². The lowest BCUT2D eigenvalue weighted by molar-refractivity contribution is -0.580. The number of hydrogen-bond donors (Lipinski definition) is 0. The smallest absolute Gasteiger partial charge is 0.248 e. The molecular weight excluding hydrogens is 356 g/mol. The van der Waals surface area contributed by atoms with Crippen LogP contribution in [0.4, 0.5) is 0 Å². The van der Waals surface area contributed by atoms with E-state index in [-0.39, 0.29) is 4.92 Å². The molecule has 0 radical (unpaired) electrons. The van der Waals surface area contributed by atoms with E-state index in [0.717, 1.165) is 46.5 Å². The minimum atomic E-state index is -1.16. The normalized spacial score (nSPS) is 14.8. The van der Waals surface area contributed by atoms with Gasteiger partial charge in [-0.25, -0.2) is 4.98 Å². The lowest BCUT2D eigenvalue weighted by Crippen LogP contribution is -2.34. The fraction of sp³-hybridized carbons (Fsp3) is 0.524. The van der Waals surface area contributed by atoms with Crippen molar-refractivity contribution in [3.63, 3.8) is 0 Å². The number of fused-ring (bicyclic) bond motifs is 1. The summed E-state index contributed by atoms with van der Waals surface area (Å²) in [6.07, 6.45) is 3.08. The molecule has 7 heteroatoms. The Morgan fingerprint density at radius 3 is 2.46 bits per heavy atom. The number of aryl methyl sites for hydroxylation is 3. The van der Waals surface area contributed by atoms with Crippen LogP contribution in [0, 0.1) is 24.0 Å². The molecule has 2 aromatic heterocycles.